The van der Waals surface area contributed by atoms with Crippen LogP contribution in [0.5, 0.6) is 0 Å². The molecule has 1 atom stereocenters. The fourth-order valence-electron chi connectivity index (χ4n) is 2.64. The molecule has 1 amide bonds. The minimum Gasteiger partial charge on any atom is -0.369 e. The van der Waals surface area contributed by atoms with Gasteiger partial charge in [-0.05, 0) is 19.1 Å². The molecule has 2 aromatic rings. The molecular weight excluding hydrogens is 394 g/mol. The molecule has 0 fully saturated rings. The van der Waals surface area contributed by atoms with Gasteiger partial charge in [-0.3, -0.25) is 4.79 Å². The Bertz CT molecular complexity index is 1090. The zero-order valence-electron chi connectivity index (χ0n) is 14.8. The van der Waals surface area contributed by atoms with Crippen LogP contribution in [-0.2, 0) is 15.6 Å². The summed E-state index contributed by atoms with van der Waals surface area (Å²) in [5.41, 5.74) is 4.05. The number of sulfonamides is 1. The molecular formula is C16H16F2N6O3S. The van der Waals surface area contributed by atoms with Crippen LogP contribution in [0.2, 0.25) is 0 Å². The second kappa shape index (κ2) is 6.78. The average Bonchev–Trinajstić information content (AvgIpc) is 2.59. The van der Waals surface area contributed by atoms with Crippen LogP contribution >= 0.6 is 0 Å². The molecule has 2 aromatic heterocycles. The quantitative estimate of drug-likeness (QED) is 0.770. The third-order valence-corrected chi connectivity index (χ3v) is 6.08. The standard InChI is InChI=1S/C16H16F2N6O3S/c1-16(8-28(26,27)24(2)15(19)23-16)11-4-3-5-12(21-11)22-14(25)13-10(18)6-9(17)7-20-13/h3-7H,8H2,1-2H3,(H2,19,23)(H,21,22,25). The van der Waals surface area contributed by atoms with Crippen molar-refractivity contribution in [3.8, 4) is 0 Å². The lowest BCUT2D eigenvalue weighted by Gasteiger charge is -2.33. The first-order chi connectivity index (χ1) is 13.0. The van der Waals surface area contributed by atoms with Crippen molar-refractivity contribution in [2.75, 3.05) is 18.1 Å². The van der Waals surface area contributed by atoms with Crippen LogP contribution in [-0.4, -0.2) is 47.4 Å². The van der Waals surface area contributed by atoms with E-state index < -0.39 is 38.8 Å². The molecule has 148 valence electrons. The van der Waals surface area contributed by atoms with E-state index in [4.69, 9.17) is 5.73 Å². The highest BCUT2D eigenvalue weighted by Crippen LogP contribution is 2.31. The Balaban J connectivity index is 1.92. The molecule has 0 spiro atoms. The zero-order valence-corrected chi connectivity index (χ0v) is 15.7. The van der Waals surface area contributed by atoms with E-state index in [9.17, 15) is 22.0 Å². The van der Waals surface area contributed by atoms with Crippen molar-refractivity contribution >= 4 is 27.7 Å². The lowest BCUT2D eigenvalue weighted by Crippen LogP contribution is -2.50. The fourth-order valence-corrected chi connectivity index (χ4v) is 4.08. The van der Waals surface area contributed by atoms with Crippen LogP contribution in [0, 0.1) is 11.6 Å². The van der Waals surface area contributed by atoms with Crippen molar-refractivity contribution in [3.05, 3.63) is 53.5 Å². The Morgan fingerprint density at radius 1 is 1.36 bits per heavy atom. The van der Waals surface area contributed by atoms with Crippen LogP contribution in [0.1, 0.15) is 23.1 Å². The van der Waals surface area contributed by atoms with Gasteiger partial charge in [-0.15, -0.1) is 0 Å². The topological polar surface area (TPSA) is 131 Å². The summed E-state index contributed by atoms with van der Waals surface area (Å²) >= 11 is 0. The minimum absolute atomic E-state index is 0.0133. The largest absolute Gasteiger partial charge is 0.369 e. The summed E-state index contributed by atoms with van der Waals surface area (Å²) in [7, 11) is -2.41. The Morgan fingerprint density at radius 3 is 2.71 bits per heavy atom. The Hall–Kier alpha value is -3.15. The third kappa shape index (κ3) is 3.63. The Labute approximate surface area is 159 Å². The smallest absolute Gasteiger partial charge is 0.278 e. The van der Waals surface area contributed by atoms with Gasteiger partial charge in [0.15, 0.2) is 11.5 Å². The van der Waals surface area contributed by atoms with Crippen LogP contribution in [0.25, 0.3) is 0 Å². The van der Waals surface area contributed by atoms with E-state index in [-0.39, 0.29) is 23.2 Å². The summed E-state index contributed by atoms with van der Waals surface area (Å²) in [6, 6.07) is 5.01. The number of amides is 1. The van der Waals surface area contributed by atoms with Crippen molar-refractivity contribution in [2.24, 2.45) is 10.7 Å². The van der Waals surface area contributed by atoms with E-state index >= 15 is 0 Å². The van der Waals surface area contributed by atoms with Gasteiger partial charge in [0.05, 0.1) is 11.9 Å². The number of pyridine rings is 2. The molecule has 3 N–H and O–H groups in total. The molecule has 0 saturated carbocycles. The number of aliphatic imine (C=N–C) groups is 1. The van der Waals surface area contributed by atoms with E-state index in [1.54, 1.807) is 6.92 Å². The summed E-state index contributed by atoms with van der Waals surface area (Å²) in [4.78, 5) is 24.0. The maximum atomic E-state index is 13.7. The fraction of sp³-hybridized carbons (Fsp3) is 0.250. The number of carbonyl (C=O) groups is 1. The predicted octanol–water partition coefficient (Wildman–Crippen LogP) is 0.812. The van der Waals surface area contributed by atoms with Crippen molar-refractivity contribution in [1.29, 1.82) is 0 Å². The highest BCUT2D eigenvalue weighted by Gasteiger charge is 2.41. The number of nitrogens with zero attached hydrogens (tertiary/aromatic N) is 4. The number of halogens is 2. The van der Waals surface area contributed by atoms with Gasteiger partial charge in [0.25, 0.3) is 5.91 Å². The molecule has 0 radical (unpaired) electrons. The summed E-state index contributed by atoms with van der Waals surface area (Å²) in [5, 5.41) is 2.34. The number of aromatic nitrogens is 2. The molecule has 0 bridgehead atoms. The van der Waals surface area contributed by atoms with Gasteiger partial charge in [0, 0.05) is 13.1 Å². The van der Waals surface area contributed by atoms with E-state index in [2.05, 4.69) is 20.3 Å². The second-order valence-corrected chi connectivity index (χ2v) is 8.31. The van der Waals surface area contributed by atoms with Gasteiger partial charge in [0.2, 0.25) is 16.0 Å². The Morgan fingerprint density at radius 2 is 2.07 bits per heavy atom. The van der Waals surface area contributed by atoms with Gasteiger partial charge in [-0.25, -0.2) is 36.5 Å². The lowest BCUT2D eigenvalue weighted by atomic mass is 10.0. The number of guanidine groups is 1. The molecule has 3 heterocycles. The molecule has 9 nitrogen and oxygen atoms in total. The highest BCUT2D eigenvalue weighted by molar-refractivity contribution is 7.89. The number of nitrogens with one attached hydrogen (secondary N) is 1. The Kier molecular flexibility index (Phi) is 4.75. The van der Waals surface area contributed by atoms with Gasteiger partial charge < -0.3 is 11.1 Å². The molecule has 0 aromatic carbocycles. The average molecular weight is 410 g/mol. The molecule has 0 aliphatic carbocycles. The second-order valence-electron chi connectivity index (χ2n) is 6.31. The van der Waals surface area contributed by atoms with Crippen molar-refractivity contribution in [2.45, 2.75) is 12.5 Å². The number of rotatable bonds is 3. The van der Waals surface area contributed by atoms with Gasteiger partial charge >= 0.3 is 0 Å². The molecule has 28 heavy (non-hydrogen) atoms. The van der Waals surface area contributed by atoms with Crippen molar-refractivity contribution < 1.29 is 22.0 Å². The number of hydrogen-bond acceptors (Lipinski definition) is 7. The monoisotopic (exact) mass is 410 g/mol. The molecule has 1 aliphatic rings. The summed E-state index contributed by atoms with van der Waals surface area (Å²) in [5.74, 6) is -3.54. The zero-order chi connectivity index (χ0) is 20.7. The molecule has 1 aliphatic heterocycles. The maximum Gasteiger partial charge on any atom is 0.278 e. The van der Waals surface area contributed by atoms with E-state index in [0.29, 0.717) is 12.3 Å². The molecule has 3 rings (SSSR count). The number of nitrogens with two attached hydrogens (primary N) is 1. The predicted molar refractivity (Wildman–Crippen MR) is 96.9 cm³/mol. The van der Waals surface area contributed by atoms with Gasteiger partial charge in [-0.2, -0.15) is 0 Å². The molecule has 0 saturated heterocycles. The van der Waals surface area contributed by atoms with Gasteiger partial charge in [0.1, 0.15) is 22.9 Å². The first-order valence-electron chi connectivity index (χ1n) is 7.94. The first-order valence-corrected chi connectivity index (χ1v) is 9.55. The van der Waals surface area contributed by atoms with Crippen LogP contribution in [0.4, 0.5) is 14.6 Å². The van der Waals surface area contributed by atoms with Crippen LogP contribution in [0.3, 0.4) is 0 Å². The lowest BCUT2D eigenvalue weighted by molar-refractivity contribution is 0.101. The van der Waals surface area contributed by atoms with E-state index in [1.807, 2.05) is 0 Å². The van der Waals surface area contributed by atoms with E-state index in [0.717, 1.165) is 4.31 Å². The molecule has 12 heteroatoms. The third-order valence-electron chi connectivity index (χ3n) is 4.13. The summed E-state index contributed by atoms with van der Waals surface area (Å²) < 4.78 is 52.1. The van der Waals surface area contributed by atoms with E-state index in [1.165, 1.54) is 25.2 Å². The first kappa shape index (κ1) is 19.6. The van der Waals surface area contributed by atoms with Crippen molar-refractivity contribution in [3.63, 3.8) is 0 Å². The number of hydrogen-bond donors (Lipinski definition) is 2. The van der Waals surface area contributed by atoms with Gasteiger partial charge in [-0.1, -0.05) is 6.07 Å². The SMILES string of the molecule is CN1C(N)=NC(C)(c2cccc(NC(=O)c3ncc(F)cc3F)n2)CS1(=O)=O. The van der Waals surface area contributed by atoms with Crippen LogP contribution < -0.4 is 11.1 Å². The summed E-state index contributed by atoms with van der Waals surface area (Å²) in [6.45, 7) is 1.54. The molecule has 1 unspecified atom stereocenters. The van der Waals surface area contributed by atoms with Crippen LogP contribution in [0.15, 0.2) is 35.5 Å². The minimum atomic E-state index is -3.70. The highest BCUT2D eigenvalue weighted by atomic mass is 32.2. The summed E-state index contributed by atoms with van der Waals surface area (Å²) in [6.07, 6.45) is 0.712. The maximum absolute atomic E-state index is 13.7. The number of carbonyl (C=O) groups excluding carboxylic acids is 1. The normalized spacial score (nSPS) is 21.1. The van der Waals surface area contributed by atoms with Crippen molar-refractivity contribution in [1.82, 2.24) is 14.3 Å². The number of anilines is 1.